The summed E-state index contributed by atoms with van der Waals surface area (Å²) >= 11 is 5.98. The van der Waals surface area contributed by atoms with Crippen molar-refractivity contribution in [2.75, 3.05) is 13.1 Å². The molecule has 3 heteroatoms. The van der Waals surface area contributed by atoms with Crippen molar-refractivity contribution in [3.05, 3.63) is 34.9 Å². The Bertz CT molecular complexity index is 453. The molecule has 2 rings (SSSR count). The smallest absolute Gasteiger partial charge is 0.225 e. The van der Waals surface area contributed by atoms with Gasteiger partial charge >= 0.3 is 0 Å². The molecule has 2 nitrogen and oxygen atoms in total. The molecule has 1 aromatic rings. The van der Waals surface area contributed by atoms with Crippen LogP contribution in [0.3, 0.4) is 0 Å². The van der Waals surface area contributed by atoms with E-state index in [-0.39, 0.29) is 5.92 Å². The summed E-state index contributed by atoms with van der Waals surface area (Å²) in [5, 5.41) is 0.775. The second kappa shape index (κ2) is 7.84. The van der Waals surface area contributed by atoms with Crippen LogP contribution in [0.4, 0.5) is 0 Å². The quantitative estimate of drug-likeness (QED) is 0.777. The third-order valence-corrected chi connectivity index (χ3v) is 4.91. The Morgan fingerprint density at radius 2 is 1.90 bits per heavy atom. The van der Waals surface area contributed by atoms with Crippen LogP contribution in [-0.2, 0) is 4.79 Å². The van der Waals surface area contributed by atoms with Gasteiger partial charge in [0.15, 0.2) is 0 Å². The second-order valence-electron chi connectivity index (χ2n) is 6.04. The van der Waals surface area contributed by atoms with E-state index in [9.17, 15) is 4.79 Å². The van der Waals surface area contributed by atoms with Gasteiger partial charge in [-0.15, -0.1) is 0 Å². The fourth-order valence-corrected chi connectivity index (χ4v) is 3.37. The van der Waals surface area contributed by atoms with E-state index in [2.05, 4.69) is 30.9 Å². The van der Waals surface area contributed by atoms with Gasteiger partial charge < -0.3 is 4.90 Å². The van der Waals surface area contributed by atoms with Crippen molar-refractivity contribution in [1.29, 1.82) is 0 Å². The van der Waals surface area contributed by atoms with Crippen molar-refractivity contribution in [3.63, 3.8) is 0 Å². The minimum atomic E-state index is 0.189. The molecule has 21 heavy (non-hydrogen) atoms. The largest absolute Gasteiger partial charge is 0.342 e. The van der Waals surface area contributed by atoms with Crippen molar-refractivity contribution in [2.45, 2.75) is 51.9 Å². The lowest BCUT2D eigenvalue weighted by atomic mass is 9.94. The molecule has 0 aromatic heterocycles. The van der Waals surface area contributed by atoms with E-state index in [1.165, 1.54) is 12.0 Å². The highest BCUT2D eigenvalue weighted by Crippen LogP contribution is 2.28. The minimum Gasteiger partial charge on any atom is -0.342 e. The summed E-state index contributed by atoms with van der Waals surface area (Å²) in [7, 11) is 0. The Labute approximate surface area is 133 Å². The van der Waals surface area contributed by atoms with Crippen LogP contribution in [0, 0.1) is 5.92 Å². The highest BCUT2D eigenvalue weighted by atomic mass is 35.5. The first-order valence-corrected chi connectivity index (χ1v) is 8.57. The maximum absolute atomic E-state index is 12.6. The summed E-state index contributed by atoms with van der Waals surface area (Å²) in [5.41, 5.74) is 1.31. The number of nitrogens with zero attached hydrogens (tertiary/aromatic N) is 1. The second-order valence-corrected chi connectivity index (χ2v) is 6.48. The first kappa shape index (κ1) is 16.4. The topological polar surface area (TPSA) is 20.3 Å². The van der Waals surface area contributed by atoms with Gasteiger partial charge in [0.2, 0.25) is 5.91 Å². The molecule has 0 radical (unpaired) electrons. The van der Waals surface area contributed by atoms with E-state index in [1.807, 2.05) is 12.1 Å². The fraction of sp³-hybridized carbons (Fsp3) is 0.611. The lowest BCUT2D eigenvalue weighted by Gasteiger charge is -2.28. The van der Waals surface area contributed by atoms with Crippen molar-refractivity contribution < 1.29 is 4.79 Å². The van der Waals surface area contributed by atoms with E-state index in [4.69, 9.17) is 11.6 Å². The zero-order valence-electron chi connectivity index (χ0n) is 13.1. The summed E-state index contributed by atoms with van der Waals surface area (Å²) in [6.07, 6.45) is 5.36. The number of carbonyl (C=O) groups excluding carboxylic acids is 1. The molecule has 1 aromatic carbocycles. The molecule has 1 atom stereocenters. The molecule has 1 aliphatic rings. The molecule has 1 aliphatic heterocycles. The number of carbonyl (C=O) groups is 1. The van der Waals surface area contributed by atoms with Gasteiger partial charge in [-0.3, -0.25) is 4.79 Å². The van der Waals surface area contributed by atoms with Crippen LogP contribution < -0.4 is 0 Å². The highest BCUT2D eigenvalue weighted by molar-refractivity contribution is 6.30. The van der Waals surface area contributed by atoms with Crippen molar-refractivity contribution >= 4 is 17.5 Å². The van der Waals surface area contributed by atoms with Crippen LogP contribution >= 0.6 is 11.6 Å². The fourth-order valence-electron chi connectivity index (χ4n) is 3.25. The van der Waals surface area contributed by atoms with Gasteiger partial charge in [-0.05, 0) is 43.4 Å². The molecule has 0 aliphatic carbocycles. The first-order valence-electron chi connectivity index (χ1n) is 8.20. The first-order chi connectivity index (χ1) is 10.2. The van der Waals surface area contributed by atoms with E-state index >= 15 is 0 Å². The van der Waals surface area contributed by atoms with Gasteiger partial charge in [-0.2, -0.15) is 0 Å². The predicted octanol–water partition coefficient (Wildman–Crippen LogP) is 4.87. The average molecular weight is 308 g/mol. The molecular weight excluding hydrogens is 282 g/mol. The number of hydrogen-bond acceptors (Lipinski definition) is 1. The van der Waals surface area contributed by atoms with Crippen LogP contribution in [0.25, 0.3) is 0 Å². The van der Waals surface area contributed by atoms with E-state index in [0.717, 1.165) is 43.8 Å². The van der Waals surface area contributed by atoms with Gasteiger partial charge in [0, 0.05) is 29.9 Å². The molecular formula is C18H26ClNO. The van der Waals surface area contributed by atoms with E-state index < -0.39 is 0 Å². The molecule has 0 spiro atoms. The molecule has 1 saturated heterocycles. The standard InChI is InChI=1S/C18H26ClNO/c1-3-14(4-2)18(21)20-12-6-5-7-16(13-20)15-8-10-17(19)11-9-15/h8-11,14,16H,3-7,12-13H2,1-2H3. The van der Waals surface area contributed by atoms with Crippen molar-refractivity contribution in [2.24, 2.45) is 5.92 Å². The number of amides is 1. The Morgan fingerprint density at radius 3 is 2.52 bits per heavy atom. The maximum atomic E-state index is 12.6. The molecule has 1 amide bonds. The monoisotopic (exact) mass is 307 g/mol. The van der Waals surface area contributed by atoms with Gasteiger partial charge in [-0.25, -0.2) is 0 Å². The van der Waals surface area contributed by atoms with Crippen LogP contribution in [0.1, 0.15) is 57.4 Å². The van der Waals surface area contributed by atoms with E-state index in [0.29, 0.717) is 11.8 Å². The molecule has 1 unspecified atom stereocenters. The Hall–Kier alpha value is -1.02. The number of halogens is 1. The molecule has 116 valence electrons. The minimum absolute atomic E-state index is 0.189. The maximum Gasteiger partial charge on any atom is 0.225 e. The van der Waals surface area contributed by atoms with Crippen LogP contribution in [0.2, 0.25) is 5.02 Å². The summed E-state index contributed by atoms with van der Waals surface area (Å²) in [6, 6.07) is 8.12. The third-order valence-electron chi connectivity index (χ3n) is 4.66. The lowest BCUT2D eigenvalue weighted by molar-refractivity contribution is -0.135. The molecule has 0 bridgehead atoms. The SMILES string of the molecule is CCC(CC)C(=O)N1CCCCC(c2ccc(Cl)cc2)C1. The zero-order chi connectivity index (χ0) is 15.2. The predicted molar refractivity (Wildman–Crippen MR) is 88.7 cm³/mol. The van der Waals surface area contributed by atoms with Crippen LogP contribution in [0.5, 0.6) is 0 Å². The zero-order valence-corrected chi connectivity index (χ0v) is 13.9. The number of likely N-dealkylation sites (tertiary alicyclic amines) is 1. The molecule has 0 N–H and O–H groups in total. The Balaban J connectivity index is 2.10. The third kappa shape index (κ3) is 4.23. The van der Waals surface area contributed by atoms with Gasteiger partial charge in [0.25, 0.3) is 0 Å². The van der Waals surface area contributed by atoms with Gasteiger partial charge in [0.1, 0.15) is 0 Å². The lowest BCUT2D eigenvalue weighted by Crippen LogP contribution is -2.38. The van der Waals surface area contributed by atoms with Gasteiger partial charge in [-0.1, -0.05) is 44.0 Å². The number of hydrogen-bond donors (Lipinski definition) is 0. The van der Waals surface area contributed by atoms with Crippen molar-refractivity contribution in [1.82, 2.24) is 4.90 Å². The average Bonchev–Trinajstić information content (AvgIpc) is 2.75. The van der Waals surface area contributed by atoms with Crippen molar-refractivity contribution in [3.8, 4) is 0 Å². The summed E-state index contributed by atoms with van der Waals surface area (Å²) in [4.78, 5) is 14.8. The Morgan fingerprint density at radius 1 is 1.24 bits per heavy atom. The van der Waals surface area contributed by atoms with Crippen LogP contribution in [0.15, 0.2) is 24.3 Å². The summed E-state index contributed by atoms with van der Waals surface area (Å²) in [5.74, 6) is 0.984. The molecule has 1 heterocycles. The van der Waals surface area contributed by atoms with Gasteiger partial charge in [0.05, 0.1) is 0 Å². The van der Waals surface area contributed by atoms with E-state index in [1.54, 1.807) is 0 Å². The Kier molecular flexibility index (Phi) is 6.10. The number of rotatable bonds is 4. The summed E-state index contributed by atoms with van der Waals surface area (Å²) in [6.45, 7) is 6.00. The summed E-state index contributed by atoms with van der Waals surface area (Å²) < 4.78 is 0. The normalized spacial score (nSPS) is 19.6. The highest BCUT2D eigenvalue weighted by Gasteiger charge is 2.26. The number of benzene rings is 1. The molecule has 1 fully saturated rings. The molecule has 0 saturated carbocycles. The van der Waals surface area contributed by atoms with Crippen LogP contribution in [-0.4, -0.2) is 23.9 Å².